The molecule has 0 fully saturated rings. The van der Waals surface area contributed by atoms with Crippen LogP contribution in [-0.2, 0) is 4.79 Å². The molecule has 8 heteroatoms. The molecule has 4 aromatic rings. The quantitative estimate of drug-likeness (QED) is 0.161. The van der Waals surface area contributed by atoms with E-state index in [2.05, 4.69) is 10.6 Å². The van der Waals surface area contributed by atoms with Crippen LogP contribution in [0.15, 0.2) is 112 Å². The van der Waals surface area contributed by atoms with Gasteiger partial charge in [0.2, 0.25) is 0 Å². The zero-order valence-corrected chi connectivity index (χ0v) is 20.8. The first-order valence-corrected chi connectivity index (χ1v) is 12.3. The van der Waals surface area contributed by atoms with Gasteiger partial charge in [-0.05, 0) is 72.8 Å². The lowest BCUT2D eigenvalue weighted by atomic mass is 10.1. The van der Waals surface area contributed by atoms with E-state index in [1.54, 1.807) is 86.0 Å². The van der Waals surface area contributed by atoms with Crippen LogP contribution in [0.25, 0.3) is 6.08 Å². The van der Waals surface area contributed by atoms with Crippen molar-refractivity contribution < 1.29 is 23.5 Å². The third kappa shape index (κ3) is 7.22. The number of nitrogens with one attached hydrogen (secondary N) is 2. The van der Waals surface area contributed by atoms with E-state index in [-0.39, 0.29) is 17.2 Å². The van der Waals surface area contributed by atoms with E-state index >= 15 is 0 Å². The fraction of sp³-hybridized carbons (Fsp3) is 0.0690. The number of amides is 2. The summed E-state index contributed by atoms with van der Waals surface area (Å²) in [5, 5.41) is 5.45. The van der Waals surface area contributed by atoms with Gasteiger partial charge >= 0.3 is 0 Å². The van der Waals surface area contributed by atoms with Gasteiger partial charge in [0.05, 0.1) is 19.1 Å². The van der Waals surface area contributed by atoms with E-state index in [0.717, 1.165) is 4.90 Å². The Morgan fingerprint density at radius 2 is 1.59 bits per heavy atom. The number of methoxy groups -OCH3 is 1. The lowest BCUT2D eigenvalue weighted by Gasteiger charge is -2.11. The minimum atomic E-state index is -0.504. The molecule has 0 saturated heterocycles. The van der Waals surface area contributed by atoms with Crippen molar-refractivity contribution in [2.75, 3.05) is 18.2 Å². The van der Waals surface area contributed by atoms with Gasteiger partial charge in [0, 0.05) is 27.8 Å². The van der Waals surface area contributed by atoms with Gasteiger partial charge in [-0.1, -0.05) is 18.2 Å². The number of ether oxygens (including phenoxy) is 1. The number of anilines is 1. The minimum absolute atomic E-state index is 0.00638. The van der Waals surface area contributed by atoms with Crippen molar-refractivity contribution in [2.24, 2.45) is 0 Å². The maximum absolute atomic E-state index is 13.0. The first kappa shape index (κ1) is 25.5. The average Bonchev–Trinajstić information content (AvgIpc) is 3.46. The number of carbonyl (C=O) groups is 3. The highest BCUT2D eigenvalue weighted by atomic mass is 32.2. The van der Waals surface area contributed by atoms with Gasteiger partial charge in [-0.3, -0.25) is 14.4 Å². The molecule has 7 nitrogen and oxygen atoms in total. The first-order chi connectivity index (χ1) is 18.0. The monoisotopic (exact) mass is 512 g/mol. The normalized spacial score (nSPS) is 11.0. The zero-order valence-electron chi connectivity index (χ0n) is 20.0. The molecule has 0 aliphatic carbocycles. The summed E-state index contributed by atoms with van der Waals surface area (Å²) < 4.78 is 10.4. The molecule has 0 atom stereocenters. The third-order valence-corrected chi connectivity index (χ3v) is 6.26. The third-order valence-electron chi connectivity index (χ3n) is 5.25. The molecule has 0 aliphatic rings. The molecule has 186 valence electrons. The zero-order chi connectivity index (χ0) is 26.0. The largest absolute Gasteiger partial charge is 0.497 e. The van der Waals surface area contributed by atoms with E-state index in [4.69, 9.17) is 9.15 Å². The van der Waals surface area contributed by atoms with Crippen LogP contribution in [0.5, 0.6) is 5.75 Å². The van der Waals surface area contributed by atoms with Crippen LogP contribution in [-0.4, -0.2) is 30.5 Å². The highest BCUT2D eigenvalue weighted by Gasteiger charge is 2.16. The Labute approximate surface area is 218 Å². The van der Waals surface area contributed by atoms with Crippen LogP contribution in [0.3, 0.4) is 0 Å². The van der Waals surface area contributed by atoms with Crippen molar-refractivity contribution in [3.05, 3.63) is 120 Å². The molecule has 0 saturated carbocycles. The van der Waals surface area contributed by atoms with Crippen molar-refractivity contribution in [1.29, 1.82) is 0 Å². The number of benzene rings is 3. The van der Waals surface area contributed by atoms with Crippen molar-refractivity contribution in [3.8, 4) is 5.75 Å². The standard InChI is InChI=1S/C29H24N2O5S/c1-35-23-13-9-20(10-14-23)27(32)19-37-25-15-11-22(12-16-25)30-29(34)26(18-24-8-5-17-36-24)31-28(33)21-6-3-2-4-7-21/h2-18H,19H2,1H3,(H,30,34)(H,31,33)/b26-18-. The molecule has 0 unspecified atom stereocenters. The summed E-state index contributed by atoms with van der Waals surface area (Å²) in [6.07, 6.45) is 2.95. The van der Waals surface area contributed by atoms with Gasteiger partial charge in [-0.2, -0.15) is 0 Å². The molecule has 2 amide bonds. The summed E-state index contributed by atoms with van der Waals surface area (Å²) in [7, 11) is 1.58. The van der Waals surface area contributed by atoms with E-state index in [1.807, 2.05) is 12.1 Å². The predicted molar refractivity (Wildman–Crippen MR) is 144 cm³/mol. The Morgan fingerprint density at radius 3 is 2.24 bits per heavy atom. The van der Waals surface area contributed by atoms with Gasteiger partial charge in [0.15, 0.2) is 5.78 Å². The van der Waals surface area contributed by atoms with Gasteiger partial charge in [-0.25, -0.2) is 0 Å². The number of hydrogen-bond acceptors (Lipinski definition) is 6. The van der Waals surface area contributed by atoms with Crippen molar-refractivity contribution in [2.45, 2.75) is 4.90 Å². The Balaban J connectivity index is 1.38. The van der Waals surface area contributed by atoms with Crippen LogP contribution < -0.4 is 15.4 Å². The van der Waals surface area contributed by atoms with Crippen LogP contribution in [0.4, 0.5) is 5.69 Å². The Kier molecular flexibility index (Phi) is 8.57. The van der Waals surface area contributed by atoms with Gasteiger partial charge < -0.3 is 19.8 Å². The number of hydrogen-bond donors (Lipinski definition) is 2. The topological polar surface area (TPSA) is 97.6 Å². The summed E-state index contributed by atoms with van der Waals surface area (Å²) in [6, 6.07) is 26.1. The molecular formula is C29H24N2O5S. The Morgan fingerprint density at radius 1 is 0.865 bits per heavy atom. The van der Waals surface area contributed by atoms with Crippen molar-refractivity contribution in [3.63, 3.8) is 0 Å². The number of furan rings is 1. The van der Waals surface area contributed by atoms with Crippen molar-refractivity contribution in [1.82, 2.24) is 5.32 Å². The van der Waals surface area contributed by atoms with E-state index in [9.17, 15) is 14.4 Å². The Hall–Kier alpha value is -4.56. The SMILES string of the molecule is COc1ccc(C(=O)CSc2ccc(NC(=O)/C(=C/c3ccco3)NC(=O)c3ccccc3)cc2)cc1. The van der Waals surface area contributed by atoms with Crippen molar-refractivity contribution >= 4 is 41.1 Å². The maximum Gasteiger partial charge on any atom is 0.272 e. The summed E-state index contributed by atoms with van der Waals surface area (Å²) in [6.45, 7) is 0. The molecule has 0 bridgehead atoms. The van der Waals surface area contributed by atoms with Gasteiger partial charge in [-0.15, -0.1) is 11.8 Å². The highest BCUT2D eigenvalue weighted by molar-refractivity contribution is 8.00. The molecular weight excluding hydrogens is 488 g/mol. The lowest BCUT2D eigenvalue weighted by Crippen LogP contribution is -2.30. The number of Topliss-reactive ketones (excluding diaryl/α,β-unsaturated/α-hetero) is 1. The summed E-state index contributed by atoms with van der Waals surface area (Å²) in [5.41, 5.74) is 1.61. The van der Waals surface area contributed by atoms with E-state index < -0.39 is 11.8 Å². The van der Waals surface area contributed by atoms with Crippen LogP contribution in [0.2, 0.25) is 0 Å². The predicted octanol–water partition coefficient (Wildman–Crippen LogP) is 5.67. The maximum atomic E-state index is 13.0. The molecule has 1 aromatic heterocycles. The second-order valence-electron chi connectivity index (χ2n) is 7.81. The molecule has 0 radical (unpaired) electrons. The molecule has 2 N–H and O–H groups in total. The van der Waals surface area contributed by atoms with Gasteiger partial charge in [0.25, 0.3) is 11.8 Å². The second kappa shape index (κ2) is 12.4. The lowest BCUT2D eigenvalue weighted by molar-refractivity contribution is -0.113. The molecule has 3 aromatic carbocycles. The fourth-order valence-corrected chi connectivity index (χ4v) is 4.09. The average molecular weight is 513 g/mol. The molecule has 1 heterocycles. The number of ketones is 1. The second-order valence-corrected chi connectivity index (χ2v) is 8.86. The summed E-state index contributed by atoms with van der Waals surface area (Å²) in [5.74, 6) is 0.486. The van der Waals surface area contributed by atoms with Gasteiger partial charge in [0.1, 0.15) is 17.2 Å². The number of thioether (sulfide) groups is 1. The van der Waals surface area contributed by atoms with Crippen LogP contribution in [0, 0.1) is 0 Å². The molecule has 0 spiro atoms. The van der Waals surface area contributed by atoms with Crippen LogP contribution >= 0.6 is 11.8 Å². The number of rotatable bonds is 10. The van der Waals surface area contributed by atoms with Crippen LogP contribution in [0.1, 0.15) is 26.5 Å². The van der Waals surface area contributed by atoms with E-state index in [1.165, 1.54) is 24.1 Å². The van der Waals surface area contributed by atoms with E-state index in [0.29, 0.717) is 28.3 Å². The highest BCUT2D eigenvalue weighted by Crippen LogP contribution is 2.22. The summed E-state index contributed by atoms with van der Waals surface area (Å²) in [4.78, 5) is 39.0. The smallest absolute Gasteiger partial charge is 0.272 e. The minimum Gasteiger partial charge on any atom is -0.497 e. The number of carbonyl (C=O) groups excluding carboxylic acids is 3. The summed E-state index contributed by atoms with van der Waals surface area (Å²) >= 11 is 1.40. The first-order valence-electron chi connectivity index (χ1n) is 11.3. The Bertz CT molecular complexity index is 1380. The molecule has 37 heavy (non-hydrogen) atoms. The molecule has 4 rings (SSSR count). The fourth-order valence-electron chi connectivity index (χ4n) is 3.30. The molecule has 0 aliphatic heterocycles.